The third kappa shape index (κ3) is 5.49. The summed E-state index contributed by atoms with van der Waals surface area (Å²) in [5.41, 5.74) is 2.68. The number of hydrogen-bond donors (Lipinski definition) is 1. The minimum Gasteiger partial charge on any atom is -0.497 e. The summed E-state index contributed by atoms with van der Waals surface area (Å²) in [6.07, 6.45) is 0.610. The van der Waals surface area contributed by atoms with E-state index in [0.29, 0.717) is 22.3 Å². The van der Waals surface area contributed by atoms with E-state index < -0.39 is 0 Å². The van der Waals surface area contributed by atoms with Crippen LogP contribution in [0, 0.1) is 0 Å². The minimum atomic E-state index is -0.134. The molecule has 1 amide bonds. The molecule has 4 rings (SSSR count). The molecule has 0 unspecified atom stereocenters. The fourth-order valence-corrected chi connectivity index (χ4v) is 4.12. The summed E-state index contributed by atoms with van der Waals surface area (Å²) in [5, 5.41) is 12.9. The highest BCUT2D eigenvalue weighted by Crippen LogP contribution is 2.25. The van der Waals surface area contributed by atoms with Gasteiger partial charge in [0.05, 0.1) is 18.6 Å². The lowest BCUT2D eigenvalue weighted by molar-refractivity contribution is -0.113. The Labute approximate surface area is 195 Å². The summed E-state index contributed by atoms with van der Waals surface area (Å²) in [5.74, 6) is 1.57. The quantitative estimate of drug-likeness (QED) is 0.360. The molecule has 1 aromatic heterocycles. The van der Waals surface area contributed by atoms with E-state index in [9.17, 15) is 4.79 Å². The highest BCUT2D eigenvalue weighted by molar-refractivity contribution is 7.99. The van der Waals surface area contributed by atoms with E-state index in [4.69, 9.17) is 16.3 Å². The zero-order chi connectivity index (χ0) is 22.3. The van der Waals surface area contributed by atoms with Gasteiger partial charge in [0.15, 0.2) is 5.16 Å². The average molecular weight is 465 g/mol. The molecule has 162 valence electrons. The van der Waals surface area contributed by atoms with Crippen LogP contribution in [0.15, 0.2) is 84.0 Å². The summed E-state index contributed by atoms with van der Waals surface area (Å²) in [7, 11) is 1.60. The van der Waals surface area contributed by atoms with Gasteiger partial charge in [-0.1, -0.05) is 59.8 Å². The van der Waals surface area contributed by atoms with Crippen LogP contribution < -0.4 is 10.1 Å². The monoisotopic (exact) mass is 464 g/mol. The first-order chi connectivity index (χ1) is 15.6. The van der Waals surface area contributed by atoms with E-state index in [1.807, 2.05) is 59.2 Å². The number of amides is 1. The van der Waals surface area contributed by atoms with E-state index >= 15 is 0 Å². The summed E-state index contributed by atoms with van der Waals surface area (Å²) >= 11 is 7.56. The molecule has 0 saturated carbocycles. The van der Waals surface area contributed by atoms with E-state index in [-0.39, 0.29) is 11.7 Å². The number of thioether (sulfide) groups is 1. The molecule has 0 atom stereocenters. The van der Waals surface area contributed by atoms with Gasteiger partial charge in [-0.05, 0) is 48.0 Å². The van der Waals surface area contributed by atoms with Crippen molar-refractivity contribution in [3.63, 3.8) is 0 Å². The Kier molecular flexibility index (Phi) is 7.09. The van der Waals surface area contributed by atoms with Crippen LogP contribution in [0.4, 0.5) is 5.69 Å². The number of carbonyl (C=O) groups is 1. The van der Waals surface area contributed by atoms with Crippen LogP contribution in [-0.4, -0.2) is 33.5 Å². The highest BCUT2D eigenvalue weighted by atomic mass is 35.5. The van der Waals surface area contributed by atoms with Crippen LogP contribution in [0.2, 0.25) is 5.02 Å². The molecule has 0 radical (unpaired) electrons. The molecule has 0 saturated heterocycles. The molecule has 0 bridgehead atoms. The number of nitrogens with one attached hydrogen (secondary N) is 1. The van der Waals surface area contributed by atoms with Gasteiger partial charge in [-0.3, -0.25) is 9.36 Å². The zero-order valence-corrected chi connectivity index (χ0v) is 18.9. The molecule has 1 N–H and O–H groups in total. The summed E-state index contributed by atoms with van der Waals surface area (Å²) < 4.78 is 7.09. The molecule has 4 aromatic rings. The topological polar surface area (TPSA) is 69.0 Å². The number of carbonyl (C=O) groups excluding carboxylic acids is 1. The lowest BCUT2D eigenvalue weighted by Crippen LogP contribution is -2.14. The number of rotatable bonds is 8. The maximum atomic E-state index is 12.5. The van der Waals surface area contributed by atoms with Crippen LogP contribution in [0.5, 0.6) is 5.75 Å². The van der Waals surface area contributed by atoms with E-state index in [0.717, 1.165) is 22.8 Å². The maximum Gasteiger partial charge on any atom is 0.234 e. The molecule has 1 heterocycles. The van der Waals surface area contributed by atoms with Gasteiger partial charge >= 0.3 is 0 Å². The second kappa shape index (κ2) is 10.3. The van der Waals surface area contributed by atoms with Gasteiger partial charge < -0.3 is 10.1 Å². The standard InChI is InChI=1S/C24H21ClN4O2S/c1-31-21-12-10-19(11-13-21)26-23(30)16-32-24-28-27-22(14-17-6-3-2-4-7-17)29(24)20-9-5-8-18(25)15-20/h2-13,15H,14,16H2,1H3,(H,26,30). The molecule has 3 aromatic carbocycles. The molecule has 0 aliphatic carbocycles. The molecular weight excluding hydrogens is 444 g/mol. The Balaban J connectivity index is 1.53. The summed E-state index contributed by atoms with van der Waals surface area (Å²) in [6, 6.07) is 24.8. The molecule has 0 aliphatic rings. The molecular formula is C24H21ClN4O2S. The van der Waals surface area contributed by atoms with Gasteiger partial charge in [0.25, 0.3) is 0 Å². The predicted octanol–water partition coefficient (Wildman–Crippen LogP) is 5.25. The Bertz CT molecular complexity index is 1200. The molecule has 8 heteroatoms. The van der Waals surface area contributed by atoms with Crippen molar-refractivity contribution >= 4 is 35.0 Å². The number of aromatic nitrogens is 3. The van der Waals surface area contributed by atoms with Crippen LogP contribution in [0.1, 0.15) is 11.4 Å². The number of benzene rings is 3. The third-order valence-electron chi connectivity index (χ3n) is 4.68. The first kappa shape index (κ1) is 21.9. The number of ether oxygens (including phenoxy) is 1. The van der Waals surface area contributed by atoms with Crippen molar-refractivity contribution < 1.29 is 9.53 Å². The smallest absolute Gasteiger partial charge is 0.234 e. The van der Waals surface area contributed by atoms with Crippen LogP contribution in [-0.2, 0) is 11.2 Å². The Morgan fingerprint density at radius 3 is 2.53 bits per heavy atom. The van der Waals surface area contributed by atoms with Crippen LogP contribution in [0.25, 0.3) is 5.69 Å². The second-order valence-electron chi connectivity index (χ2n) is 6.94. The van der Waals surface area contributed by atoms with Gasteiger partial charge in [0.1, 0.15) is 11.6 Å². The fourth-order valence-electron chi connectivity index (χ4n) is 3.16. The predicted molar refractivity (Wildman–Crippen MR) is 128 cm³/mol. The summed E-state index contributed by atoms with van der Waals surface area (Å²) in [6.45, 7) is 0. The van der Waals surface area contributed by atoms with Gasteiger partial charge in [-0.2, -0.15) is 0 Å². The largest absolute Gasteiger partial charge is 0.497 e. The average Bonchev–Trinajstić information content (AvgIpc) is 3.21. The van der Waals surface area contributed by atoms with Crippen molar-refractivity contribution in [3.8, 4) is 11.4 Å². The Morgan fingerprint density at radius 1 is 1.03 bits per heavy atom. The first-order valence-corrected chi connectivity index (χ1v) is 11.3. The van der Waals surface area contributed by atoms with Crippen LogP contribution >= 0.6 is 23.4 Å². The number of methoxy groups -OCH3 is 1. The maximum absolute atomic E-state index is 12.5. The van der Waals surface area contributed by atoms with Crippen LogP contribution in [0.3, 0.4) is 0 Å². The van der Waals surface area contributed by atoms with Crippen molar-refractivity contribution in [3.05, 3.63) is 95.3 Å². The van der Waals surface area contributed by atoms with Crippen molar-refractivity contribution in [2.45, 2.75) is 11.6 Å². The lowest BCUT2D eigenvalue weighted by atomic mass is 10.1. The lowest BCUT2D eigenvalue weighted by Gasteiger charge is -2.11. The van der Waals surface area contributed by atoms with E-state index in [2.05, 4.69) is 15.5 Å². The van der Waals surface area contributed by atoms with Crippen molar-refractivity contribution in [1.82, 2.24) is 14.8 Å². The number of hydrogen-bond acceptors (Lipinski definition) is 5. The molecule has 32 heavy (non-hydrogen) atoms. The number of nitrogens with zero attached hydrogens (tertiary/aromatic N) is 3. The number of anilines is 1. The van der Waals surface area contributed by atoms with Crippen molar-refractivity contribution in [1.29, 1.82) is 0 Å². The SMILES string of the molecule is COc1ccc(NC(=O)CSc2nnc(Cc3ccccc3)n2-c2cccc(Cl)c2)cc1. The minimum absolute atomic E-state index is 0.134. The van der Waals surface area contributed by atoms with Gasteiger partial charge in [-0.25, -0.2) is 0 Å². The fraction of sp³-hybridized carbons (Fsp3) is 0.125. The Hall–Kier alpha value is -3.29. The second-order valence-corrected chi connectivity index (χ2v) is 8.32. The first-order valence-electron chi connectivity index (χ1n) is 9.93. The summed E-state index contributed by atoms with van der Waals surface area (Å²) in [4.78, 5) is 12.5. The molecule has 0 aliphatic heterocycles. The molecule has 0 fully saturated rings. The molecule has 0 spiro atoms. The zero-order valence-electron chi connectivity index (χ0n) is 17.4. The normalized spacial score (nSPS) is 10.7. The van der Waals surface area contributed by atoms with Crippen molar-refractivity contribution in [2.75, 3.05) is 18.2 Å². The Morgan fingerprint density at radius 2 is 1.81 bits per heavy atom. The van der Waals surface area contributed by atoms with Gasteiger partial charge in [-0.15, -0.1) is 10.2 Å². The third-order valence-corrected chi connectivity index (χ3v) is 5.84. The van der Waals surface area contributed by atoms with Gasteiger partial charge in [0.2, 0.25) is 5.91 Å². The van der Waals surface area contributed by atoms with Crippen molar-refractivity contribution in [2.24, 2.45) is 0 Å². The van der Waals surface area contributed by atoms with E-state index in [1.165, 1.54) is 11.8 Å². The highest BCUT2D eigenvalue weighted by Gasteiger charge is 2.17. The van der Waals surface area contributed by atoms with E-state index in [1.54, 1.807) is 31.4 Å². The van der Waals surface area contributed by atoms with Gasteiger partial charge in [0, 0.05) is 17.1 Å². The molecule has 6 nitrogen and oxygen atoms in total. The number of halogens is 1.